The molecule has 2 aromatic rings. The Labute approximate surface area is 115 Å². The van der Waals surface area contributed by atoms with Crippen LogP contribution in [0.2, 0.25) is 0 Å². The van der Waals surface area contributed by atoms with Gasteiger partial charge in [0.05, 0.1) is 6.04 Å². The summed E-state index contributed by atoms with van der Waals surface area (Å²) in [6, 6.07) is 5.15. The summed E-state index contributed by atoms with van der Waals surface area (Å²) in [6.45, 7) is 3.40. The number of halogens is 1. The van der Waals surface area contributed by atoms with Crippen LogP contribution in [0.4, 0.5) is 4.39 Å². The fourth-order valence-corrected chi connectivity index (χ4v) is 1.58. The Morgan fingerprint density at radius 1 is 1.45 bits per heavy atom. The highest BCUT2D eigenvalue weighted by Crippen LogP contribution is 2.11. The van der Waals surface area contributed by atoms with Gasteiger partial charge in [-0.15, -0.1) is 0 Å². The van der Waals surface area contributed by atoms with Gasteiger partial charge in [0.1, 0.15) is 17.4 Å². The van der Waals surface area contributed by atoms with Gasteiger partial charge in [-0.25, -0.2) is 9.37 Å². The largest absolute Gasteiger partial charge is 0.484 e. The number of hydrogen-bond acceptors (Lipinski definition) is 4. The Bertz CT molecular complexity index is 582. The molecule has 1 atom stereocenters. The molecule has 0 aliphatic carbocycles. The van der Waals surface area contributed by atoms with Gasteiger partial charge >= 0.3 is 0 Å². The zero-order valence-corrected chi connectivity index (χ0v) is 11.2. The highest BCUT2D eigenvalue weighted by molar-refractivity contribution is 5.77. The lowest BCUT2D eigenvalue weighted by molar-refractivity contribution is -0.123. The summed E-state index contributed by atoms with van der Waals surface area (Å²) < 4.78 is 17.9. The molecule has 1 unspecified atom stereocenters. The van der Waals surface area contributed by atoms with E-state index in [1.54, 1.807) is 13.8 Å². The van der Waals surface area contributed by atoms with E-state index in [1.165, 1.54) is 24.3 Å². The van der Waals surface area contributed by atoms with Crippen molar-refractivity contribution in [2.24, 2.45) is 0 Å². The van der Waals surface area contributed by atoms with Crippen LogP contribution in [-0.4, -0.2) is 27.7 Å². The predicted octanol–water partition coefficient (Wildman–Crippen LogP) is 1.51. The number of nitrogens with one attached hydrogen (secondary N) is 2. The van der Waals surface area contributed by atoms with E-state index in [2.05, 4.69) is 20.5 Å². The first-order valence-electron chi connectivity index (χ1n) is 6.11. The van der Waals surface area contributed by atoms with Gasteiger partial charge in [-0.2, -0.15) is 5.10 Å². The minimum Gasteiger partial charge on any atom is -0.484 e. The standard InChI is InChI=1S/C13H15FN4O2/c1-8(13-16-9(2)17-18-13)15-12(19)7-20-11-5-3-10(14)4-6-11/h3-6,8H,7H2,1-2H3,(H,15,19)(H,16,17,18). The molecule has 1 heterocycles. The zero-order valence-electron chi connectivity index (χ0n) is 11.2. The number of amides is 1. The topological polar surface area (TPSA) is 79.9 Å². The second-order valence-corrected chi connectivity index (χ2v) is 4.31. The monoisotopic (exact) mass is 278 g/mol. The number of H-pyrrole nitrogens is 1. The van der Waals surface area contributed by atoms with Crippen molar-refractivity contribution in [3.8, 4) is 5.75 Å². The molecule has 106 valence electrons. The Kier molecular flexibility index (Phi) is 4.29. The molecule has 0 spiro atoms. The van der Waals surface area contributed by atoms with E-state index in [0.717, 1.165) is 0 Å². The fraction of sp³-hybridized carbons (Fsp3) is 0.308. The molecular formula is C13H15FN4O2. The van der Waals surface area contributed by atoms with Crippen molar-refractivity contribution < 1.29 is 13.9 Å². The number of carbonyl (C=O) groups excluding carboxylic acids is 1. The van der Waals surface area contributed by atoms with E-state index in [-0.39, 0.29) is 24.4 Å². The fourth-order valence-electron chi connectivity index (χ4n) is 1.58. The van der Waals surface area contributed by atoms with E-state index in [1.807, 2.05) is 0 Å². The second kappa shape index (κ2) is 6.14. The van der Waals surface area contributed by atoms with Gasteiger partial charge in [0.25, 0.3) is 5.91 Å². The molecule has 7 heteroatoms. The van der Waals surface area contributed by atoms with Gasteiger partial charge in [-0.05, 0) is 38.1 Å². The van der Waals surface area contributed by atoms with Crippen LogP contribution in [0, 0.1) is 12.7 Å². The Hall–Kier alpha value is -2.44. The normalized spacial score (nSPS) is 11.9. The Balaban J connectivity index is 1.82. The van der Waals surface area contributed by atoms with Crippen LogP contribution in [-0.2, 0) is 4.79 Å². The van der Waals surface area contributed by atoms with Crippen molar-refractivity contribution in [3.05, 3.63) is 41.7 Å². The summed E-state index contributed by atoms with van der Waals surface area (Å²) in [7, 11) is 0. The summed E-state index contributed by atoms with van der Waals surface area (Å²) in [4.78, 5) is 15.8. The lowest BCUT2D eigenvalue weighted by Gasteiger charge is -2.11. The Morgan fingerprint density at radius 3 is 2.75 bits per heavy atom. The summed E-state index contributed by atoms with van der Waals surface area (Å²) in [6.07, 6.45) is 0. The maximum absolute atomic E-state index is 12.7. The van der Waals surface area contributed by atoms with Crippen LogP contribution in [0.5, 0.6) is 5.75 Å². The van der Waals surface area contributed by atoms with Crippen LogP contribution in [0.15, 0.2) is 24.3 Å². The highest BCUT2D eigenvalue weighted by atomic mass is 19.1. The van der Waals surface area contributed by atoms with Gasteiger partial charge in [-0.3, -0.25) is 9.89 Å². The van der Waals surface area contributed by atoms with Crippen molar-refractivity contribution in [1.29, 1.82) is 0 Å². The predicted molar refractivity (Wildman–Crippen MR) is 69.6 cm³/mol. The molecule has 2 N–H and O–H groups in total. The minimum atomic E-state index is -0.351. The van der Waals surface area contributed by atoms with Crippen LogP contribution in [0.25, 0.3) is 0 Å². The quantitative estimate of drug-likeness (QED) is 0.868. The first-order valence-corrected chi connectivity index (χ1v) is 6.11. The molecule has 1 aromatic carbocycles. The minimum absolute atomic E-state index is 0.153. The van der Waals surface area contributed by atoms with Crippen LogP contribution in [0.3, 0.4) is 0 Å². The summed E-state index contributed by atoms with van der Waals surface area (Å²) in [5.41, 5.74) is 0. The first-order chi connectivity index (χ1) is 9.54. The van der Waals surface area contributed by atoms with Crippen molar-refractivity contribution in [2.45, 2.75) is 19.9 Å². The van der Waals surface area contributed by atoms with E-state index >= 15 is 0 Å². The number of aromatic amines is 1. The third-order valence-electron chi connectivity index (χ3n) is 2.56. The average Bonchev–Trinajstić information content (AvgIpc) is 2.85. The van der Waals surface area contributed by atoms with Crippen LogP contribution in [0.1, 0.15) is 24.6 Å². The van der Waals surface area contributed by atoms with E-state index in [9.17, 15) is 9.18 Å². The van der Waals surface area contributed by atoms with E-state index < -0.39 is 0 Å². The number of aryl methyl sites for hydroxylation is 1. The Morgan fingerprint density at radius 2 is 2.15 bits per heavy atom. The molecule has 1 aromatic heterocycles. The molecule has 0 saturated heterocycles. The van der Waals surface area contributed by atoms with Crippen molar-refractivity contribution in [3.63, 3.8) is 0 Å². The SMILES string of the molecule is Cc1nc(C(C)NC(=O)COc2ccc(F)cc2)n[nH]1. The second-order valence-electron chi connectivity index (χ2n) is 4.31. The number of ether oxygens (including phenoxy) is 1. The number of aromatic nitrogens is 3. The summed E-state index contributed by atoms with van der Waals surface area (Å²) in [5, 5.41) is 9.38. The number of rotatable bonds is 5. The van der Waals surface area contributed by atoms with Gasteiger partial charge < -0.3 is 10.1 Å². The highest BCUT2D eigenvalue weighted by Gasteiger charge is 2.13. The molecule has 6 nitrogen and oxygen atoms in total. The average molecular weight is 278 g/mol. The summed E-state index contributed by atoms with van der Waals surface area (Å²) >= 11 is 0. The van der Waals surface area contributed by atoms with Gasteiger partial charge in [-0.1, -0.05) is 0 Å². The number of hydrogen-bond donors (Lipinski definition) is 2. The molecule has 0 fully saturated rings. The third-order valence-corrected chi connectivity index (χ3v) is 2.56. The molecule has 1 amide bonds. The lowest BCUT2D eigenvalue weighted by atomic mass is 10.3. The van der Waals surface area contributed by atoms with Crippen molar-refractivity contribution in [2.75, 3.05) is 6.61 Å². The molecule has 0 bridgehead atoms. The number of carbonyl (C=O) groups is 1. The third kappa shape index (κ3) is 3.78. The van der Waals surface area contributed by atoms with E-state index in [0.29, 0.717) is 17.4 Å². The lowest BCUT2D eigenvalue weighted by Crippen LogP contribution is -2.31. The number of nitrogens with zero attached hydrogens (tertiary/aromatic N) is 2. The smallest absolute Gasteiger partial charge is 0.258 e. The van der Waals surface area contributed by atoms with Gasteiger partial charge in [0, 0.05) is 0 Å². The molecule has 20 heavy (non-hydrogen) atoms. The van der Waals surface area contributed by atoms with E-state index in [4.69, 9.17) is 4.74 Å². The van der Waals surface area contributed by atoms with Gasteiger partial charge in [0.2, 0.25) is 0 Å². The molecule has 0 saturated carbocycles. The maximum Gasteiger partial charge on any atom is 0.258 e. The molecular weight excluding hydrogens is 263 g/mol. The molecule has 0 radical (unpaired) electrons. The van der Waals surface area contributed by atoms with Crippen molar-refractivity contribution in [1.82, 2.24) is 20.5 Å². The maximum atomic E-state index is 12.7. The van der Waals surface area contributed by atoms with Crippen LogP contribution >= 0.6 is 0 Å². The molecule has 0 aliphatic heterocycles. The van der Waals surface area contributed by atoms with Crippen LogP contribution < -0.4 is 10.1 Å². The zero-order chi connectivity index (χ0) is 14.5. The number of benzene rings is 1. The molecule has 0 aliphatic rings. The first kappa shape index (κ1) is 14.0. The molecule has 2 rings (SSSR count). The summed E-state index contributed by atoms with van der Waals surface area (Å²) in [5.74, 6) is 0.976. The van der Waals surface area contributed by atoms with Crippen molar-refractivity contribution >= 4 is 5.91 Å². The van der Waals surface area contributed by atoms with Gasteiger partial charge in [0.15, 0.2) is 12.4 Å².